The van der Waals surface area contributed by atoms with Crippen LogP contribution < -0.4 is 5.32 Å². The van der Waals surface area contributed by atoms with Crippen LogP contribution in [0.4, 0.5) is 0 Å². The SMILES string of the molecule is OCCCC(NCc1cc2ccccc2o1)c1ccccc1. The molecule has 22 heavy (non-hydrogen) atoms. The number of aliphatic hydroxyl groups is 1. The van der Waals surface area contributed by atoms with E-state index in [0.29, 0.717) is 6.54 Å². The van der Waals surface area contributed by atoms with Crippen molar-refractivity contribution in [3.63, 3.8) is 0 Å². The number of fused-ring (bicyclic) bond motifs is 1. The summed E-state index contributed by atoms with van der Waals surface area (Å²) in [4.78, 5) is 0. The van der Waals surface area contributed by atoms with E-state index in [9.17, 15) is 0 Å². The molecule has 1 unspecified atom stereocenters. The number of hydrogen-bond acceptors (Lipinski definition) is 3. The lowest BCUT2D eigenvalue weighted by atomic mass is 10.0. The average Bonchev–Trinajstić information content (AvgIpc) is 2.98. The Morgan fingerprint density at radius 1 is 1.00 bits per heavy atom. The molecule has 2 N–H and O–H groups in total. The number of benzene rings is 2. The van der Waals surface area contributed by atoms with Crippen LogP contribution in [0.15, 0.2) is 65.1 Å². The Labute approximate surface area is 130 Å². The van der Waals surface area contributed by atoms with Gasteiger partial charge in [-0.25, -0.2) is 0 Å². The van der Waals surface area contributed by atoms with Gasteiger partial charge in [0.1, 0.15) is 11.3 Å². The highest BCUT2D eigenvalue weighted by atomic mass is 16.3. The van der Waals surface area contributed by atoms with Gasteiger partial charge in [0, 0.05) is 18.0 Å². The van der Waals surface area contributed by atoms with Gasteiger partial charge in [0.2, 0.25) is 0 Å². The quantitative estimate of drug-likeness (QED) is 0.691. The summed E-state index contributed by atoms with van der Waals surface area (Å²) in [5.41, 5.74) is 2.16. The monoisotopic (exact) mass is 295 g/mol. The molecule has 2 aromatic carbocycles. The Bertz CT molecular complexity index is 673. The number of hydrogen-bond donors (Lipinski definition) is 2. The second-order valence-electron chi connectivity index (χ2n) is 5.46. The summed E-state index contributed by atoms with van der Waals surface area (Å²) in [6.45, 7) is 0.898. The van der Waals surface area contributed by atoms with Crippen molar-refractivity contribution in [1.82, 2.24) is 5.32 Å². The Kier molecular flexibility index (Phi) is 4.88. The first kappa shape index (κ1) is 14.8. The molecule has 3 aromatic rings. The van der Waals surface area contributed by atoms with E-state index in [1.807, 2.05) is 36.4 Å². The first-order valence-corrected chi connectivity index (χ1v) is 7.73. The Balaban J connectivity index is 1.70. The molecule has 1 heterocycles. The molecule has 0 aliphatic rings. The van der Waals surface area contributed by atoms with Gasteiger partial charge >= 0.3 is 0 Å². The van der Waals surface area contributed by atoms with Gasteiger partial charge in [-0.3, -0.25) is 0 Å². The maximum atomic E-state index is 9.10. The average molecular weight is 295 g/mol. The van der Waals surface area contributed by atoms with Crippen molar-refractivity contribution < 1.29 is 9.52 Å². The van der Waals surface area contributed by atoms with Crippen molar-refractivity contribution in [2.24, 2.45) is 0 Å². The molecular formula is C19H21NO2. The summed E-state index contributed by atoms with van der Waals surface area (Å²) >= 11 is 0. The normalized spacial score (nSPS) is 12.6. The fourth-order valence-electron chi connectivity index (χ4n) is 2.72. The third-order valence-electron chi connectivity index (χ3n) is 3.85. The largest absolute Gasteiger partial charge is 0.460 e. The lowest BCUT2D eigenvalue weighted by Gasteiger charge is -2.18. The van der Waals surface area contributed by atoms with Crippen LogP contribution in [0.25, 0.3) is 11.0 Å². The molecule has 0 fully saturated rings. The van der Waals surface area contributed by atoms with E-state index in [0.717, 1.165) is 29.6 Å². The molecule has 3 rings (SSSR count). The van der Waals surface area contributed by atoms with Crippen molar-refractivity contribution >= 4 is 11.0 Å². The van der Waals surface area contributed by atoms with Crippen LogP contribution >= 0.6 is 0 Å². The molecule has 114 valence electrons. The molecule has 3 nitrogen and oxygen atoms in total. The van der Waals surface area contributed by atoms with Gasteiger partial charge in [-0.2, -0.15) is 0 Å². The maximum absolute atomic E-state index is 9.10. The summed E-state index contributed by atoms with van der Waals surface area (Å²) in [5.74, 6) is 0.936. The zero-order valence-electron chi connectivity index (χ0n) is 12.5. The summed E-state index contributed by atoms with van der Waals surface area (Å²) < 4.78 is 5.85. The topological polar surface area (TPSA) is 45.4 Å². The van der Waals surface area contributed by atoms with Gasteiger partial charge < -0.3 is 14.8 Å². The predicted molar refractivity (Wildman–Crippen MR) is 88.6 cm³/mol. The maximum Gasteiger partial charge on any atom is 0.134 e. The van der Waals surface area contributed by atoms with E-state index in [1.54, 1.807) is 0 Å². The molecule has 0 saturated carbocycles. The van der Waals surface area contributed by atoms with Gasteiger partial charge in [0.05, 0.1) is 6.54 Å². The van der Waals surface area contributed by atoms with E-state index in [4.69, 9.17) is 9.52 Å². The minimum atomic E-state index is 0.218. The van der Waals surface area contributed by atoms with E-state index < -0.39 is 0 Å². The first-order chi connectivity index (χ1) is 10.9. The van der Waals surface area contributed by atoms with Crippen LogP contribution in [-0.2, 0) is 6.54 Å². The van der Waals surface area contributed by atoms with Crippen LogP contribution in [-0.4, -0.2) is 11.7 Å². The van der Waals surface area contributed by atoms with Crippen LogP contribution in [0, 0.1) is 0 Å². The van der Waals surface area contributed by atoms with Gasteiger partial charge in [0.15, 0.2) is 0 Å². The molecule has 0 saturated heterocycles. The molecule has 0 aliphatic carbocycles. The number of rotatable bonds is 7. The van der Waals surface area contributed by atoms with Gasteiger partial charge in [-0.05, 0) is 30.5 Å². The van der Waals surface area contributed by atoms with Crippen LogP contribution in [0.1, 0.15) is 30.2 Å². The van der Waals surface area contributed by atoms with Crippen LogP contribution in [0.5, 0.6) is 0 Å². The van der Waals surface area contributed by atoms with E-state index in [1.165, 1.54) is 5.56 Å². The van der Waals surface area contributed by atoms with Crippen molar-refractivity contribution in [3.05, 3.63) is 72.0 Å². The number of furan rings is 1. The van der Waals surface area contributed by atoms with Crippen LogP contribution in [0.3, 0.4) is 0 Å². The number of para-hydroxylation sites is 1. The highest BCUT2D eigenvalue weighted by molar-refractivity contribution is 5.77. The van der Waals surface area contributed by atoms with E-state index in [2.05, 4.69) is 29.6 Å². The van der Waals surface area contributed by atoms with Crippen molar-refractivity contribution in [2.75, 3.05) is 6.61 Å². The van der Waals surface area contributed by atoms with E-state index >= 15 is 0 Å². The Morgan fingerprint density at radius 3 is 2.55 bits per heavy atom. The summed E-state index contributed by atoms with van der Waals surface area (Å²) in [6.07, 6.45) is 1.69. The minimum Gasteiger partial charge on any atom is -0.460 e. The molecule has 1 aromatic heterocycles. The van der Waals surface area contributed by atoms with Crippen molar-refractivity contribution in [3.8, 4) is 0 Å². The summed E-state index contributed by atoms with van der Waals surface area (Å²) in [7, 11) is 0. The fourth-order valence-corrected chi connectivity index (χ4v) is 2.72. The highest BCUT2D eigenvalue weighted by Crippen LogP contribution is 2.22. The fraction of sp³-hybridized carbons (Fsp3) is 0.263. The first-order valence-electron chi connectivity index (χ1n) is 7.73. The Morgan fingerprint density at radius 2 is 1.77 bits per heavy atom. The van der Waals surface area contributed by atoms with E-state index in [-0.39, 0.29) is 12.6 Å². The predicted octanol–water partition coefficient (Wildman–Crippen LogP) is 4.04. The zero-order valence-corrected chi connectivity index (χ0v) is 12.5. The summed E-state index contributed by atoms with van der Waals surface area (Å²) in [6, 6.07) is 20.7. The number of nitrogens with one attached hydrogen (secondary N) is 1. The third kappa shape index (κ3) is 3.56. The second-order valence-corrected chi connectivity index (χ2v) is 5.46. The molecule has 0 spiro atoms. The lowest BCUT2D eigenvalue weighted by molar-refractivity contribution is 0.274. The molecule has 0 amide bonds. The van der Waals surface area contributed by atoms with Gasteiger partial charge in [0.25, 0.3) is 0 Å². The van der Waals surface area contributed by atoms with Gasteiger partial charge in [-0.1, -0.05) is 48.5 Å². The molecule has 3 heteroatoms. The second kappa shape index (κ2) is 7.25. The van der Waals surface area contributed by atoms with Gasteiger partial charge in [-0.15, -0.1) is 0 Å². The lowest BCUT2D eigenvalue weighted by Crippen LogP contribution is -2.21. The molecule has 0 bridgehead atoms. The summed E-state index contributed by atoms with van der Waals surface area (Å²) in [5, 5.41) is 13.8. The minimum absolute atomic E-state index is 0.218. The highest BCUT2D eigenvalue weighted by Gasteiger charge is 2.11. The molecule has 0 radical (unpaired) electrons. The molecule has 0 aliphatic heterocycles. The molecular weight excluding hydrogens is 274 g/mol. The zero-order chi connectivity index (χ0) is 15.2. The van der Waals surface area contributed by atoms with Crippen LogP contribution in [0.2, 0.25) is 0 Å². The van der Waals surface area contributed by atoms with Crippen molar-refractivity contribution in [2.45, 2.75) is 25.4 Å². The third-order valence-corrected chi connectivity index (χ3v) is 3.85. The number of aliphatic hydroxyl groups excluding tert-OH is 1. The Hall–Kier alpha value is -2.10. The smallest absolute Gasteiger partial charge is 0.134 e. The standard InChI is InChI=1S/C19H21NO2/c21-12-6-10-18(15-7-2-1-3-8-15)20-14-17-13-16-9-4-5-11-19(16)22-17/h1-5,7-9,11,13,18,20-21H,6,10,12,14H2. The molecule has 1 atom stereocenters. The van der Waals surface area contributed by atoms with Crippen molar-refractivity contribution in [1.29, 1.82) is 0 Å².